The fraction of sp³-hybridized carbons (Fsp3) is 0.462. The van der Waals surface area contributed by atoms with Gasteiger partial charge in [0.2, 0.25) is 5.91 Å². The van der Waals surface area contributed by atoms with Crippen molar-refractivity contribution >= 4 is 39.5 Å². The maximum absolute atomic E-state index is 11.9. The van der Waals surface area contributed by atoms with Gasteiger partial charge in [-0.25, -0.2) is 8.42 Å². The third-order valence-corrected chi connectivity index (χ3v) is 4.43. The Morgan fingerprint density at radius 2 is 1.95 bits per heavy atom. The van der Waals surface area contributed by atoms with E-state index < -0.39 is 9.84 Å². The standard InChI is InChI=1S/C13H18N2O3S.ClH/c1-19(17,18)9-13(6-7-13)8-12(16)15-11-5-3-2-4-10(11)14;/h2-5H,6-9,14H2,1H3,(H,15,16);1H. The highest BCUT2D eigenvalue weighted by Crippen LogP contribution is 2.49. The second-order valence-corrected chi connectivity index (χ2v) is 7.52. The van der Waals surface area contributed by atoms with Gasteiger partial charge in [-0.3, -0.25) is 4.79 Å². The van der Waals surface area contributed by atoms with E-state index in [0.29, 0.717) is 11.4 Å². The van der Waals surface area contributed by atoms with Gasteiger partial charge in [-0.15, -0.1) is 12.4 Å². The molecule has 1 fully saturated rings. The minimum absolute atomic E-state index is 0. The van der Waals surface area contributed by atoms with Crippen molar-refractivity contribution in [3.8, 4) is 0 Å². The molecule has 0 aromatic heterocycles. The first-order valence-electron chi connectivity index (χ1n) is 6.12. The van der Waals surface area contributed by atoms with Crippen molar-refractivity contribution < 1.29 is 13.2 Å². The van der Waals surface area contributed by atoms with E-state index in [0.717, 1.165) is 12.8 Å². The molecule has 0 aliphatic heterocycles. The monoisotopic (exact) mass is 318 g/mol. The molecule has 0 saturated heterocycles. The molecule has 0 atom stereocenters. The van der Waals surface area contributed by atoms with Gasteiger partial charge in [0, 0.05) is 12.7 Å². The van der Waals surface area contributed by atoms with Gasteiger partial charge >= 0.3 is 0 Å². The van der Waals surface area contributed by atoms with E-state index in [9.17, 15) is 13.2 Å². The van der Waals surface area contributed by atoms with Gasteiger partial charge in [0.25, 0.3) is 0 Å². The van der Waals surface area contributed by atoms with Crippen LogP contribution in [0.15, 0.2) is 24.3 Å². The molecule has 0 bridgehead atoms. The highest BCUT2D eigenvalue weighted by Gasteiger charge is 2.46. The quantitative estimate of drug-likeness (QED) is 0.811. The summed E-state index contributed by atoms with van der Waals surface area (Å²) >= 11 is 0. The average Bonchev–Trinajstić information content (AvgIpc) is 2.98. The number of rotatable bonds is 5. The number of halogens is 1. The summed E-state index contributed by atoms with van der Waals surface area (Å²) in [4.78, 5) is 11.9. The second kappa shape index (κ2) is 6.01. The number of nitrogen functional groups attached to an aromatic ring is 1. The summed E-state index contributed by atoms with van der Waals surface area (Å²) in [6, 6.07) is 7.01. The molecule has 0 unspecified atom stereocenters. The molecule has 0 radical (unpaired) electrons. The Kier molecular flexibility index (Phi) is 5.05. The SMILES string of the molecule is CS(=O)(=O)CC1(CC(=O)Nc2ccccc2N)CC1.Cl. The van der Waals surface area contributed by atoms with Gasteiger partial charge in [-0.2, -0.15) is 0 Å². The largest absolute Gasteiger partial charge is 0.397 e. The van der Waals surface area contributed by atoms with Crippen LogP contribution in [0.25, 0.3) is 0 Å². The van der Waals surface area contributed by atoms with Crippen LogP contribution in [0.4, 0.5) is 11.4 Å². The van der Waals surface area contributed by atoms with Crippen molar-refractivity contribution in [3.05, 3.63) is 24.3 Å². The number of hydrogen-bond donors (Lipinski definition) is 2. The topological polar surface area (TPSA) is 89.3 Å². The molecule has 7 heteroatoms. The predicted octanol–water partition coefficient (Wildman–Crippen LogP) is 1.84. The van der Waals surface area contributed by atoms with Crippen LogP contribution in [0.2, 0.25) is 0 Å². The van der Waals surface area contributed by atoms with Crippen LogP contribution in [0, 0.1) is 5.41 Å². The fourth-order valence-electron chi connectivity index (χ4n) is 2.25. The molecule has 1 aromatic carbocycles. The second-order valence-electron chi connectivity index (χ2n) is 5.38. The maximum atomic E-state index is 11.9. The molecule has 0 spiro atoms. The normalized spacial score (nSPS) is 16.1. The van der Waals surface area contributed by atoms with Crippen LogP contribution >= 0.6 is 12.4 Å². The van der Waals surface area contributed by atoms with Gasteiger partial charge in [0.15, 0.2) is 0 Å². The summed E-state index contributed by atoms with van der Waals surface area (Å²) in [5, 5.41) is 2.73. The minimum atomic E-state index is -3.05. The lowest BCUT2D eigenvalue weighted by molar-refractivity contribution is -0.117. The summed E-state index contributed by atoms with van der Waals surface area (Å²) in [5.74, 6) is -0.100. The van der Waals surface area contributed by atoms with E-state index in [1.54, 1.807) is 24.3 Å². The van der Waals surface area contributed by atoms with Crippen molar-refractivity contribution in [3.63, 3.8) is 0 Å². The Morgan fingerprint density at radius 3 is 2.45 bits per heavy atom. The third kappa shape index (κ3) is 4.68. The maximum Gasteiger partial charge on any atom is 0.225 e. The predicted molar refractivity (Wildman–Crippen MR) is 82.7 cm³/mol. The van der Waals surface area contributed by atoms with Crippen LogP contribution < -0.4 is 11.1 Å². The van der Waals surface area contributed by atoms with Crippen molar-refractivity contribution in [2.24, 2.45) is 5.41 Å². The zero-order valence-corrected chi connectivity index (χ0v) is 12.9. The summed E-state index contributed by atoms with van der Waals surface area (Å²) in [6.45, 7) is 0. The average molecular weight is 319 g/mol. The first-order chi connectivity index (χ1) is 8.80. The van der Waals surface area contributed by atoms with E-state index in [-0.39, 0.29) is 35.9 Å². The van der Waals surface area contributed by atoms with Crippen molar-refractivity contribution in [2.75, 3.05) is 23.1 Å². The molecule has 1 aliphatic carbocycles. The van der Waals surface area contributed by atoms with Crippen molar-refractivity contribution in [1.29, 1.82) is 0 Å². The molecule has 2 rings (SSSR count). The van der Waals surface area contributed by atoms with Gasteiger partial charge in [0.05, 0.1) is 17.1 Å². The van der Waals surface area contributed by atoms with Gasteiger partial charge in [0.1, 0.15) is 9.84 Å². The molecule has 1 aromatic rings. The molecule has 1 aliphatic rings. The van der Waals surface area contributed by atoms with E-state index in [2.05, 4.69) is 5.32 Å². The van der Waals surface area contributed by atoms with E-state index in [4.69, 9.17) is 5.73 Å². The van der Waals surface area contributed by atoms with E-state index in [1.807, 2.05) is 0 Å². The van der Waals surface area contributed by atoms with Gasteiger partial charge in [-0.1, -0.05) is 12.1 Å². The number of carbonyl (C=O) groups excluding carboxylic acids is 1. The number of nitrogens with one attached hydrogen (secondary N) is 1. The summed E-state index contributed by atoms with van der Waals surface area (Å²) in [5.41, 5.74) is 6.45. The lowest BCUT2D eigenvalue weighted by Crippen LogP contribution is -2.23. The van der Waals surface area contributed by atoms with Crippen LogP contribution in [0.5, 0.6) is 0 Å². The first-order valence-corrected chi connectivity index (χ1v) is 8.18. The Hall–Kier alpha value is -1.27. The van der Waals surface area contributed by atoms with Crippen LogP contribution in [-0.2, 0) is 14.6 Å². The number of anilines is 2. The van der Waals surface area contributed by atoms with Crippen molar-refractivity contribution in [2.45, 2.75) is 19.3 Å². The lowest BCUT2D eigenvalue weighted by Gasteiger charge is -2.14. The zero-order valence-electron chi connectivity index (χ0n) is 11.3. The Morgan fingerprint density at radius 1 is 1.35 bits per heavy atom. The Bertz CT molecular complexity index is 597. The van der Waals surface area contributed by atoms with Gasteiger partial charge in [-0.05, 0) is 30.4 Å². The summed E-state index contributed by atoms with van der Waals surface area (Å²) in [7, 11) is -3.05. The smallest absolute Gasteiger partial charge is 0.225 e. The number of carbonyl (C=O) groups is 1. The fourth-order valence-corrected chi connectivity index (χ4v) is 3.75. The highest BCUT2D eigenvalue weighted by atomic mass is 35.5. The van der Waals surface area contributed by atoms with Crippen LogP contribution in [-0.4, -0.2) is 26.3 Å². The first kappa shape index (κ1) is 16.8. The number of benzene rings is 1. The molecule has 5 nitrogen and oxygen atoms in total. The lowest BCUT2D eigenvalue weighted by atomic mass is 10.1. The zero-order chi connectivity index (χ0) is 14.1. The summed E-state index contributed by atoms with van der Waals surface area (Å²) < 4.78 is 22.7. The van der Waals surface area contributed by atoms with Crippen molar-refractivity contribution in [1.82, 2.24) is 0 Å². The van der Waals surface area contributed by atoms with Crippen LogP contribution in [0.1, 0.15) is 19.3 Å². The number of para-hydroxylation sites is 2. The third-order valence-electron chi connectivity index (χ3n) is 3.30. The highest BCUT2D eigenvalue weighted by molar-refractivity contribution is 7.90. The molecule has 20 heavy (non-hydrogen) atoms. The minimum Gasteiger partial charge on any atom is -0.397 e. The molecule has 112 valence electrons. The molecular formula is C13H19ClN2O3S. The molecule has 0 heterocycles. The van der Waals surface area contributed by atoms with E-state index >= 15 is 0 Å². The summed E-state index contributed by atoms with van der Waals surface area (Å²) in [6.07, 6.45) is 3.02. The number of sulfone groups is 1. The molecule has 1 amide bonds. The Labute approximate surface area is 125 Å². The number of amides is 1. The van der Waals surface area contributed by atoms with Crippen LogP contribution in [0.3, 0.4) is 0 Å². The van der Waals surface area contributed by atoms with E-state index in [1.165, 1.54) is 6.26 Å². The van der Waals surface area contributed by atoms with Gasteiger partial charge < -0.3 is 11.1 Å². The Balaban J connectivity index is 0.00000200. The molecule has 3 N–H and O–H groups in total. The number of nitrogens with two attached hydrogens (primary N) is 1. The number of hydrogen-bond acceptors (Lipinski definition) is 4. The molecule has 1 saturated carbocycles. The molecular weight excluding hydrogens is 300 g/mol.